The molecule has 0 aliphatic carbocycles. The molecule has 19 heavy (non-hydrogen) atoms. The highest BCUT2D eigenvalue weighted by atomic mass is 79.9. The lowest BCUT2D eigenvalue weighted by molar-refractivity contribution is 0.0951. The second-order valence-corrected chi connectivity index (χ2v) is 6.35. The van der Waals surface area contributed by atoms with Gasteiger partial charge in [0.25, 0.3) is 5.91 Å². The summed E-state index contributed by atoms with van der Waals surface area (Å²) in [4.78, 5) is 17.4. The predicted octanol–water partition coefficient (Wildman–Crippen LogP) is 4.05. The fourth-order valence-electron chi connectivity index (χ4n) is 1.49. The standard InChI is InChI=1S/C13H12BrClN2OS/c1-2-9-6-16-12(19-9)7-17-13(18)8-3-4-11(15)10(14)5-8/h3-6H,2,7H2,1H3,(H,17,18). The molecule has 1 aromatic carbocycles. The average Bonchev–Trinajstić information content (AvgIpc) is 2.87. The number of nitrogens with zero attached hydrogens (tertiary/aromatic N) is 1. The number of halogens is 2. The van der Waals surface area contributed by atoms with Crippen LogP contribution in [0.1, 0.15) is 27.2 Å². The highest BCUT2D eigenvalue weighted by Crippen LogP contribution is 2.23. The SMILES string of the molecule is CCc1cnc(CNC(=O)c2ccc(Cl)c(Br)c2)s1. The van der Waals surface area contributed by atoms with Gasteiger partial charge in [0, 0.05) is 21.1 Å². The molecule has 1 aromatic heterocycles. The first kappa shape index (κ1) is 14.5. The third-order valence-electron chi connectivity index (χ3n) is 2.53. The molecule has 0 atom stereocenters. The van der Waals surface area contributed by atoms with Crippen molar-refractivity contribution in [1.29, 1.82) is 0 Å². The summed E-state index contributed by atoms with van der Waals surface area (Å²) in [7, 11) is 0. The number of benzene rings is 1. The third kappa shape index (κ3) is 3.78. The van der Waals surface area contributed by atoms with E-state index in [1.165, 1.54) is 4.88 Å². The number of hydrogen-bond acceptors (Lipinski definition) is 3. The number of carbonyl (C=O) groups is 1. The Morgan fingerprint density at radius 2 is 2.32 bits per heavy atom. The maximum atomic E-state index is 12.0. The molecule has 0 saturated heterocycles. The maximum absolute atomic E-state index is 12.0. The van der Waals surface area contributed by atoms with Gasteiger partial charge in [-0.05, 0) is 40.5 Å². The summed E-state index contributed by atoms with van der Waals surface area (Å²) in [5, 5.41) is 4.35. The summed E-state index contributed by atoms with van der Waals surface area (Å²) in [6, 6.07) is 5.10. The van der Waals surface area contributed by atoms with E-state index in [9.17, 15) is 4.79 Å². The zero-order valence-corrected chi connectivity index (χ0v) is 13.4. The number of amides is 1. The van der Waals surface area contributed by atoms with Gasteiger partial charge in [-0.2, -0.15) is 0 Å². The topological polar surface area (TPSA) is 42.0 Å². The molecule has 1 heterocycles. The van der Waals surface area contributed by atoms with Crippen LogP contribution in [0.4, 0.5) is 0 Å². The monoisotopic (exact) mass is 358 g/mol. The van der Waals surface area contributed by atoms with Crippen LogP contribution in [-0.2, 0) is 13.0 Å². The highest BCUT2D eigenvalue weighted by Gasteiger charge is 2.08. The van der Waals surface area contributed by atoms with Crippen molar-refractivity contribution < 1.29 is 4.79 Å². The molecule has 0 radical (unpaired) electrons. The van der Waals surface area contributed by atoms with Crippen LogP contribution in [0.15, 0.2) is 28.9 Å². The van der Waals surface area contributed by atoms with Crippen LogP contribution in [0.25, 0.3) is 0 Å². The number of aryl methyl sites for hydroxylation is 1. The molecule has 0 unspecified atom stereocenters. The summed E-state index contributed by atoms with van der Waals surface area (Å²) in [6.45, 7) is 2.53. The first-order valence-electron chi connectivity index (χ1n) is 5.77. The van der Waals surface area contributed by atoms with Crippen molar-refractivity contribution in [1.82, 2.24) is 10.3 Å². The number of carbonyl (C=O) groups excluding carboxylic acids is 1. The average molecular weight is 360 g/mol. The van der Waals surface area contributed by atoms with Crippen molar-refractivity contribution in [3.05, 3.63) is 49.3 Å². The zero-order valence-electron chi connectivity index (χ0n) is 10.2. The van der Waals surface area contributed by atoms with E-state index >= 15 is 0 Å². The predicted molar refractivity (Wildman–Crippen MR) is 81.8 cm³/mol. The maximum Gasteiger partial charge on any atom is 0.251 e. The Bertz CT molecular complexity index is 600. The lowest BCUT2D eigenvalue weighted by atomic mass is 10.2. The van der Waals surface area contributed by atoms with Gasteiger partial charge in [0.05, 0.1) is 11.6 Å². The van der Waals surface area contributed by atoms with Crippen molar-refractivity contribution in [2.24, 2.45) is 0 Å². The van der Waals surface area contributed by atoms with Crippen molar-refractivity contribution in [3.63, 3.8) is 0 Å². The molecular weight excluding hydrogens is 348 g/mol. The quantitative estimate of drug-likeness (QED) is 0.894. The summed E-state index contributed by atoms with van der Waals surface area (Å²) in [5.74, 6) is -0.134. The van der Waals surface area contributed by atoms with Gasteiger partial charge in [0.15, 0.2) is 0 Å². The van der Waals surface area contributed by atoms with E-state index in [-0.39, 0.29) is 5.91 Å². The summed E-state index contributed by atoms with van der Waals surface area (Å²) in [6.07, 6.45) is 2.82. The molecule has 0 aliphatic heterocycles. The molecular formula is C13H12BrClN2OS. The molecule has 1 N–H and O–H groups in total. The van der Waals surface area contributed by atoms with Gasteiger partial charge in [0.2, 0.25) is 0 Å². The van der Waals surface area contributed by atoms with Crippen molar-refractivity contribution >= 4 is 44.8 Å². The molecule has 2 aromatic rings. The van der Waals surface area contributed by atoms with E-state index in [0.29, 0.717) is 21.6 Å². The Hall–Kier alpha value is -0.910. The molecule has 0 bridgehead atoms. The van der Waals surface area contributed by atoms with Gasteiger partial charge >= 0.3 is 0 Å². The minimum Gasteiger partial charge on any atom is -0.346 e. The van der Waals surface area contributed by atoms with Crippen LogP contribution in [0.2, 0.25) is 5.02 Å². The first-order valence-corrected chi connectivity index (χ1v) is 7.75. The van der Waals surface area contributed by atoms with E-state index in [4.69, 9.17) is 11.6 Å². The van der Waals surface area contributed by atoms with Crippen LogP contribution in [-0.4, -0.2) is 10.9 Å². The van der Waals surface area contributed by atoms with E-state index < -0.39 is 0 Å². The van der Waals surface area contributed by atoms with Gasteiger partial charge in [-0.1, -0.05) is 18.5 Å². The summed E-state index contributed by atoms with van der Waals surface area (Å²) < 4.78 is 0.712. The zero-order chi connectivity index (χ0) is 13.8. The van der Waals surface area contributed by atoms with Crippen LogP contribution in [0, 0.1) is 0 Å². The van der Waals surface area contributed by atoms with Crippen LogP contribution >= 0.6 is 38.9 Å². The lowest BCUT2D eigenvalue weighted by Crippen LogP contribution is -2.22. The van der Waals surface area contributed by atoms with Crippen molar-refractivity contribution in [3.8, 4) is 0 Å². The Labute approximate surface area is 129 Å². The summed E-state index contributed by atoms with van der Waals surface area (Å²) in [5.41, 5.74) is 0.573. The smallest absolute Gasteiger partial charge is 0.251 e. The Kier molecular flexibility index (Phi) is 4.96. The highest BCUT2D eigenvalue weighted by molar-refractivity contribution is 9.10. The van der Waals surface area contributed by atoms with Gasteiger partial charge in [-0.25, -0.2) is 4.98 Å². The van der Waals surface area contributed by atoms with Gasteiger partial charge < -0.3 is 5.32 Å². The van der Waals surface area contributed by atoms with Crippen LogP contribution in [0.5, 0.6) is 0 Å². The molecule has 0 fully saturated rings. The Morgan fingerprint density at radius 3 is 2.95 bits per heavy atom. The molecule has 100 valence electrons. The number of rotatable bonds is 4. The molecule has 3 nitrogen and oxygen atoms in total. The van der Waals surface area contributed by atoms with Gasteiger partial charge in [-0.3, -0.25) is 4.79 Å². The number of thiazole rings is 1. The normalized spacial score (nSPS) is 10.5. The minimum atomic E-state index is -0.134. The molecule has 0 saturated carbocycles. The Morgan fingerprint density at radius 1 is 1.53 bits per heavy atom. The Balaban J connectivity index is 1.99. The molecule has 2 rings (SSSR count). The van der Waals surface area contributed by atoms with Crippen molar-refractivity contribution in [2.75, 3.05) is 0 Å². The fourth-order valence-corrected chi connectivity index (χ4v) is 2.79. The molecule has 0 aliphatic rings. The fraction of sp³-hybridized carbons (Fsp3) is 0.231. The van der Waals surface area contributed by atoms with E-state index in [2.05, 4.69) is 33.2 Å². The number of hydrogen-bond donors (Lipinski definition) is 1. The number of aromatic nitrogens is 1. The number of nitrogens with one attached hydrogen (secondary N) is 1. The minimum absolute atomic E-state index is 0.134. The largest absolute Gasteiger partial charge is 0.346 e. The lowest BCUT2D eigenvalue weighted by Gasteiger charge is -2.04. The molecule has 6 heteroatoms. The van der Waals surface area contributed by atoms with E-state index in [1.807, 2.05) is 6.20 Å². The van der Waals surface area contributed by atoms with E-state index in [0.717, 1.165) is 11.4 Å². The van der Waals surface area contributed by atoms with Crippen molar-refractivity contribution in [2.45, 2.75) is 19.9 Å². The molecule has 0 spiro atoms. The van der Waals surface area contributed by atoms with E-state index in [1.54, 1.807) is 29.5 Å². The second-order valence-electron chi connectivity index (χ2n) is 3.89. The van der Waals surface area contributed by atoms with Crippen LogP contribution < -0.4 is 5.32 Å². The second kappa shape index (κ2) is 6.50. The molecule has 1 amide bonds. The summed E-state index contributed by atoms with van der Waals surface area (Å²) >= 11 is 10.8. The third-order valence-corrected chi connectivity index (χ3v) is 4.89. The van der Waals surface area contributed by atoms with Gasteiger partial charge in [0.1, 0.15) is 5.01 Å². The van der Waals surface area contributed by atoms with Crippen LogP contribution in [0.3, 0.4) is 0 Å². The first-order chi connectivity index (χ1) is 9.10. The van der Waals surface area contributed by atoms with Gasteiger partial charge in [-0.15, -0.1) is 11.3 Å².